The standard InChI is InChI=1S/C10H23NOSi/c1-13(2,3)12-8-10-6-4-5-9(10)7-11/h9-10H,4-8,11H2,1-3H3. The van der Waals surface area contributed by atoms with Crippen LogP contribution in [0.4, 0.5) is 0 Å². The molecule has 1 aliphatic carbocycles. The molecule has 13 heavy (non-hydrogen) atoms. The minimum absolute atomic E-state index is 0.733. The van der Waals surface area contributed by atoms with Crippen molar-refractivity contribution in [3.05, 3.63) is 0 Å². The molecule has 0 saturated heterocycles. The van der Waals surface area contributed by atoms with Crippen molar-refractivity contribution < 1.29 is 4.43 Å². The topological polar surface area (TPSA) is 35.2 Å². The van der Waals surface area contributed by atoms with E-state index in [1.165, 1.54) is 19.3 Å². The molecule has 0 radical (unpaired) electrons. The van der Waals surface area contributed by atoms with Crippen molar-refractivity contribution in [2.75, 3.05) is 13.2 Å². The molecule has 3 heteroatoms. The Hall–Kier alpha value is 0.137. The van der Waals surface area contributed by atoms with Gasteiger partial charge in [-0.25, -0.2) is 0 Å². The Morgan fingerprint density at radius 1 is 1.23 bits per heavy atom. The van der Waals surface area contributed by atoms with Crippen LogP contribution in [0.15, 0.2) is 0 Å². The predicted octanol–water partition coefficient (Wildman–Crippen LogP) is 2.21. The third-order valence-electron chi connectivity index (χ3n) is 2.85. The van der Waals surface area contributed by atoms with Crippen LogP contribution < -0.4 is 5.73 Å². The maximum absolute atomic E-state index is 5.93. The van der Waals surface area contributed by atoms with Crippen LogP contribution in [-0.2, 0) is 4.43 Å². The van der Waals surface area contributed by atoms with E-state index < -0.39 is 8.32 Å². The van der Waals surface area contributed by atoms with E-state index in [9.17, 15) is 0 Å². The molecule has 0 bridgehead atoms. The average molecular weight is 201 g/mol. The van der Waals surface area contributed by atoms with Gasteiger partial charge in [0.1, 0.15) is 0 Å². The van der Waals surface area contributed by atoms with E-state index in [4.69, 9.17) is 10.2 Å². The van der Waals surface area contributed by atoms with Gasteiger partial charge in [0.25, 0.3) is 0 Å². The Labute approximate surface area is 83.0 Å². The maximum atomic E-state index is 5.93. The maximum Gasteiger partial charge on any atom is 0.183 e. The predicted molar refractivity (Wildman–Crippen MR) is 59.2 cm³/mol. The Morgan fingerprint density at radius 3 is 2.38 bits per heavy atom. The fraction of sp³-hybridized carbons (Fsp3) is 1.00. The van der Waals surface area contributed by atoms with Crippen LogP contribution in [0.1, 0.15) is 19.3 Å². The summed E-state index contributed by atoms with van der Waals surface area (Å²) < 4.78 is 5.93. The highest BCUT2D eigenvalue weighted by Crippen LogP contribution is 2.31. The molecule has 78 valence electrons. The molecule has 0 heterocycles. The van der Waals surface area contributed by atoms with Gasteiger partial charge < -0.3 is 10.2 Å². The van der Waals surface area contributed by atoms with Crippen molar-refractivity contribution in [3.8, 4) is 0 Å². The first-order valence-electron chi connectivity index (χ1n) is 5.37. The summed E-state index contributed by atoms with van der Waals surface area (Å²) in [4.78, 5) is 0. The van der Waals surface area contributed by atoms with E-state index in [1.54, 1.807) is 0 Å². The van der Waals surface area contributed by atoms with E-state index in [2.05, 4.69) is 19.6 Å². The third-order valence-corrected chi connectivity index (χ3v) is 3.88. The lowest BCUT2D eigenvalue weighted by Crippen LogP contribution is -2.31. The van der Waals surface area contributed by atoms with Crippen LogP contribution in [0.25, 0.3) is 0 Å². The number of rotatable bonds is 4. The van der Waals surface area contributed by atoms with Gasteiger partial charge in [-0.2, -0.15) is 0 Å². The van der Waals surface area contributed by atoms with E-state index in [-0.39, 0.29) is 0 Å². The lowest BCUT2D eigenvalue weighted by atomic mass is 9.97. The number of hydrogen-bond donors (Lipinski definition) is 1. The largest absolute Gasteiger partial charge is 0.417 e. The van der Waals surface area contributed by atoms with Gasteiger partial charge in [-0.3, -0.25) is 0 Å². The molecular formula is C10H23NOSi. The second-order valence-electron chi connectivity index (χ2n) is 5.11. The van der Waals surface area contributed by atoms with Crippen LogP contribution in [0.3, 0.4) is 0 Å². The molecule has 0 aromatic heterocycles. The third kappa shape index (κ3) is 3.79. The highest BCUT2D eigenvalue weighted by atomic mass is 28.4. The molecule has 2 atom stereocenters. The van der Waals surface area contributed by atoms with Gasteiger partial charge in [0.2, 0.25) is 0 Å². The second kappa shape index (κ2) is 4.58. The summed E-state index contributed by atoms with van der Waals surface area (Å²) in [6.45, 7) is 8.55. The molecule has 1 saturated carbocycles. The zero-order chi connectivity index (χ0) is 9.90. The van der Waals surface area contributed by atoms with Crippen molar-refractivity contribution in [1.82, 2.24) is 0 Å². The van der Waals surface area contributed by atoms with E-state index in [1.807, 2.05) is 0 Å². The van der Waals surface area contributed by atoms with Crippen LogP contribution in [0.2, 0.25) is 19.6 Å². The first-order chi connectivity index (χ1) is 6.03. The van der Waals surface area contributed by atoms with E-state index in [0.717, 1.165) is 25.0 Å². The minimum atomic E-state index is -1.31. The molecule has 1 rings (SSSR count). The quantitative estimate of drug-likeness (QED) is 0.708. The average Bonchev–Trinajstić information content (AvgIpc) is 2.46. The first-order valence-corrected chi connectivity index (χ1v) is 8.78. The first kappa shape index (κ1) is 11.2. The zero-order valence-electron chi connectivity index (χ0n) is 9.18. The summed E-state index contributed by atoms with van der Waals surface area (Å²) in [7, 11) is -1.31. The van der Waals surface area contributed by atoms with Crippen molar-refractivity contribution >= 4 is 8.32 Å². The Kier molecular flexibility index (Phi) is 3.95. The fourth-order valence-electron chi connectivity index (χ4n) is 2.00. The Bertz CT molecular complexity index is 155. The van der Waals surface area contributed by atoms with E-state index in [0.29, 0.717) is 0 Å². The van der Waals surface area contributed by atoms with Crippen molar-refractivity contribution in [2.24, 2.45) is 17.6 Å². The summed E-state index contributed by atoms with van der Waals surface area (Å²) >= 11 is 0. The number of hydrogen-bond acceptors (Lipinski definition) is 2. The van der Waals surface area contributed by atoms with Gasteiger partial charge in [0.15, 0.2) is 8.32 Å². The molecule has 1 aliphatic rings. The molecule has 0 amide bonds. The lowest BCUT2D eigenvalue weighted by Gasteiger charge is -2.23. The second-order valence-corrected chi connectivity index (χ2v) is 9.62. The summed E-state index contributed by atoms with van der Waals surface area (Å²) in [6, 6.07) is 0. The molecule has 0 spiro atoms. The fourth-order valence-corrected chi connectivity index (χ4v) is 2.71. The molecule has 2 unspecified atom stereocenters. The van der Waals surface area contributed by atoms with Crippen molar-refractivity contribution in [1.29, 1.82) is 0 Å². The van der Waals surface area contributed by atoms with Gasteiger partial charge in [-0.05, 0) is 50.9 Å². The van der Waals surface area contributed by atoms with Gasteiger partial charge >= 0.3 is 0 Å². The smallest absolute Gasteiger partial charge is 0.183 e. The van der Waals surface area contributed by atoms with Crippen LogP contribution in [0, 0.1) is 11.8 Å². The highest BCUT2D eigenvalue weighted by molar-refractivity contribution is 6.69. The molecule has 0 aromatic carbocycles. The summed E-state index contributed by atoms with van der Waals surface area (Å²) in [6.07, 6.45) is 3.99. The van der Waals surface area contributed by atoms with Crippen molar-refractivity contribution in [2.45, 2.75) is 38.9 Å². The molecule has 2 N–H and O–H groups in total. The summed E-state index contributed by atoms with van der Waals surface area (Å²) in [5.41, 5.74) is 5.72. The van der Waals surface area contributed by atoms with Crippen molar-refractivity contribution in [3.63, 3.8) is 0 Å². The van der Waals surface area contributed by atoms with Crippen LogP contribution in [0.5, 0.6) is 0 Å². The van der Waals surface area contributed by atoms with Gasteiger partial charge in [0.05, 0.1) is 0 Å². The minimum Gasteiger partial charge on any atom is -0.417 e. The molecule has 2 nitrogen and oxygen atoms in total. The zero-order valence-corrected chi connectivity index (χ0v) is 10.2. The summed E-state index contributed by atoms with van der Waals surface area (Å²) in [5, 5.41) is 0. The number of nitrogens with two attached hydrogens (primary N) is 1. The van der Waals surface area contributed by atoms with Crippen LogP contribution in [-0.4, -0.2) is 21.5 Å². The molecule has 0 aromatic rings. The monoisotopic (exact) mass is 201 g/mol. The van der Waals surface area contributed by atoms with Gasteiger partial charge in [0, 0.05) is 6.61 Å². The van der Waals surface area contributed by atoms with Crippen LogP contribution >= 0.6 is 0 Å². The SMILES string of the molecule is C[Si](C)(C)OCC1CCCC1CN. The summed E-state index contributed by atoms with van der Waals surface area (Å²) in [5.74, 6) is 1.48. The Morgan fingerprint density at radius 2 is 1.85 bits per heavy atom. The van der Waals surface area contributed by atoms with E-state index >= 15 is 0 Å². The molecule has 1 fully saturated rings. The normalized spacial score (nSPS) is 29.5. The molecule has 0 aliphatic heterocycles. The highest BCUT2D eigenvalue weighted by Gasteiger charge is 2.27. The van der Waals surface area contributed by atoms with Gasteiger partial charge in [-0.15, -0.1) is 0 Å². The lowest BCUT2D eigenvalue weighted by molar-refractivity contribution is 0.211. The Balaban J connectivity index is 2.28. The molecular weight excluding hydrogens is 178 g/mol. The van der Waals surface area contributed by atoms with Gasteiger partial charge in [-0.1, -0.05) is 6.42 Å².